The Morgan fingerprint density at radius 3 is 1.32 bits per heavy atom. The molecule has 3 heterocycles. The Hall–Kier alpha value is -3.02. The Kier molecular flexibility index (Phi) is 9.35. The first-order chi connectivity index (χ1) is 21.6. The molecule has 0 saturated carbocycles. The van der Waals surface area contributed by atoms with E-state index >= 15 is 0 Å². The quantitative estimate of drug-likeness (QED) is 0.276. The van der Waals surface area contributed by atoms with Gasteiger partial charge in [-0.25, -0.2) is 9.98 Å². The minimum absolute atomic E-state index is 0.0112. The van der Waals surface area contributed by atoms with Crippen LogP contribution in [0.5, 0.6) is 0 Å². The number of nitrogens with zero attached hydrogens (tertiary/aromatic N) is 2. The van der Waals surface area contributed by atoms with Crippen molar-refractivity contribution in [3.05, 3.63) is 128 Å². The van der Waals surface area contributed by atoms with Gasteiger partial charge in [0, 0.05) is 16.8 Å². The zero-order valence-corrected chi connectivity index (χ0v) is 33.3. The van der Waals surface area contributed by atoms with Gasteiger partial charge < -0.3 is 4.98 Å². The molecular weight excluding hydrogens is 706 g/mol. The molecule has 0 unspecified atom stereocenters. The van der Waals surface area contributed by atoms with Gasteiger partial charge in [-0.1, -0.05) is 119 Å². The van der Waals surface area contributed by atoms with Crippen LogP contribution in [0.1, 0.15) is 122 Å². The van der Waals surface area contributed by atoms with E-state index in [2.05, 4.69) is 187 Å². The molecule has 47 heavy (non-hydrogen) atoms. The third kappa shape index (κ3) is 7.84. The van der Waals surface area contributed by atoms with Gasteiger partial charge in [0.1, 0.15) is 4.62 Å². The Labute approximate surface area is 299 Å². The van der Waals surface area contributed by atoms with Gasteiger partial charge >= 0.3 is 0 Å². The molecule has 2 aliphatic rings. The van der Waals surface area contributed by atoms with Gasteiger partial charge in [0.25, 0.3) is 0 Å². The van der Waals surface area contributed by atoms with Crippen molar-refractivity contribution in [1.82, 2.24) is 4.98 Å². The molecular formula is C42H49Br2N3. The first kappa shape index (κ1) is 35.3. The number of benzene rings is 2. The molecule has 0 fully saturated rings. The highest BCUT2D eigenvalue weighted by Crippen LogP contribution is 2.40. The predicted octanol–water partition coefficient (Wildman–Crippen LogP) is 12.5. The summed E-state index contributed by atoms with van der Waals surface area (Å²) in [5.74, 6) is 0. The van der Waals surface area contributed by atoms with Crippen LogP contribution in [-0.4, -0.2) is 15.3 Å². The largest absolute Gasteiger partial charge is 0.349 e. The fraction of sp³-hybridized carbons (Fsp3) is 0.381. The highest BCUT2D eigenvalue weighted by molar-refractivity contribution is 9.18. The molecule has 1 N–H and O–H groups in total. The van der Waals surface area contributed by atoms with Gasteiger partial charge in [-0.3, -0.25) is 0 Å². The van der Waals surface area contributed by atoms with Crippen LogP contribution < -0.4 is 0 Å². The summed E-state index contributed by atoms with van der Waals surface area (Å²) in [6, 6.07) is 18.3. The van der Waals surface area contributed by atoms with E-state index in [-0.39, 0.29) is 21.7 Å². The molecule has 0 atom stereocenters. The molecule has 0 aliphatic carbocycles. The maximum absolute atomic E-state index is 5.44. The summed E-state index contributed by atoms with van der Waals surface area (Å²) in [6.45, 7) is 27.4. The molecule has 246 valence electrons. The van der Waals surface area contributed by atoms with Crippen LogP contribution in [0.15, 0.2) is 98.8 Å². The van der Waals surface area contributed by atoms with Crippen molar-refractivity contribution >= 4 is 53.3 Å². The predicted molar refractivity (Wildman–Crippen MR) is 211 cm³/mol. The van der Waals surface area contributed by atoms with E-state index in [9.17, 15) is 0 Å². The Morgan fingerprint density at radius 2 is 0.936 bits per heavy atom. The van der Waals surface area contributed by atoms with Crippen LogP contribution in [0.25, 0.3) is 11.1 Å². The molecule has 5 heteroatoms. The van der Waals surface area contributed by atoms with Crippen LogP contribution in [0, 0.1) is 0 Å². The molecule has 0 saturated heterocycles. The minimum Gasteiger partial charge on any atom is -0.349 e. The molecule has 3 nitrogen and oxygen atoms in total. The lowest BCUT2D eigenvalue weighted by atomic mass is 9.78. The number of nitrogens with one attached hydrogen (secondary N) is 1. The average molecular weight is 756 g/mol. The lowest BCUT2D eigenvalue weighted by Crippen LogP contribution is -2.17. The minimum atomic E-state index is -0.0173. The molecule has 3 aromatic rings. The van der Waals surface area contributed by atoms with E-state index < -0.39 is 0 Å². The van der Waals surface area contributed by atoms with Crippen LogP contribution in [0.3, 0.4) is 0 Å². The number of H-pyrrole nitrogens is 1. The molecule has 0 radical (unpaired) electrons. The second kappa shape index (κ2) is 12.5. The summed E-state index contributed by atoms with van der Waals surface area (Å²) >= 11 is 7.29. The van der Waals surface area contributed by atoms with E-state index in [1.165, 1.54) is 22.3 Å². The van der Waals surface area contributed by atoms with E-state index in [1.807, 2.05) is 6.08 Å². The number of hydrogen-bond donors (Lipinski definition) is 1. The van der Waals surface area contributed by atoms with Crippen molar-refractivity contribution in [3.8, 4) is 0 Å². The van der Waals surface area contributed by atoms with Crippen molar-refractivity contribution in [1.29, 1.82) is 0 Å². The highest BCUT2D eigenvalue weighted by atomic mass is 79.9. The molecule has 2 aromatic carbocycles. The van der Waals surface area contributed by atoms with Gasteiger partial charge in [-0.15, -0.1) is 0 Å². The smallest absolute Gasteiger partial charge is 0.106 e. The van der Waals surface area contributed by atoms with Crippen molar-refractivity contribution in [2.24, 2.45) is 9.98 Å². The van der Waals surface area contributed by atoms with Gasteiger partial charge in [0.15, 0.2) is 0 Å². The normalized spacial score (nSPS) is 17.7. The molecule has 2 aliphatic heterocycles. The summed E-state index contributed by atoms with van der Waals surface area (Å²) in [6.07, 6.45) is 8.42. The van der Waals surface area contributed by atoms with E-state index in [0.29, 0.717) is 0 Å². The summed E-state index contributed by atoms with van der Waals surface area (Å²) in [4.78, 5) is 13.9. The number of aliphatic imine (C=N–C) groups is 2. The van der Waals surface area contributed by atoms with Crippen LogP contribution >= 0.6 is 31.9 Å². The zero-order valence-electron chi connectivity index (χ0n) is 30.1. The van der Waals surface area contributed by atoms with Crippen molar-refractivity contribution in [2.45, 2.75) is 105 Å². The van der Waals surface area contributed by atoms with E-state index in [4.69, 9.17) is 9.98 Å². The summed E-state index contributed by atoms with van der Waals surface area (Å²) in [7, 11) is 0. The molecule has 0 amide bonds. The maximum Gasteiger partial charge on any atom is 0.106 e. The zero-order chi connectivity index (χ0) is 34.7. The Morgan fingerprint density at radius 1 is 0.511 bits per heavy atom. The third-order valence-corrected chi connectivity index (χ3v) is 9.75. The van der Waals surface area contributed by atoms with Crippen molar-refractivity contribution in [3.63, 3.8) is 0 Å². The number of aromatic amines is 1. The van der Waals surface area contributed by atoms with Crippen LogP contribution in [0.2, 0.25) is 0 Å². The van der Waals surface area contributed by atoms with Gasteiger partial charge in [0.05, 0.1) is 21.7 Å². The fourth-order valence-corrected chi connectivity index (χ4v) is 6.44. The second-order valence-corrected chi connectivity index (χ2v) is 18.6. The molecule has 5 rings (SSSR count). The molecule has 0 spiro atoms. The van der Waals surface area contributed by atoms with Crippen LogP contribution in [0.4, 0.5) is 0 Å². The van der Waals surface area contributed by atoms with E-state index in [1.54, 1.807) is 0 Å². The number of rotatable bonds is 4. The topological polar surface area (TPSA) is 40.5 Å². The fourth-order valence-electron chi connectivity index (χ4n) is 5.78. The summed E-state index contributed by atoms with van der Waals surface area (Å²) in [5.41, 5.74) is 13.3. The van der Waals surface area contributed by atoms with Gasteiger partial charge in [-0.05, 0) is 123 Å². The number of allylic oxidation sites excluding steroid dienone is 5. The summed E-state index contributed by atoms with van der Waals surface area (Å²) < 4.78 is 1.75. The molecule has 0 bridgehead atoms. The monoisotopic (exact) mass is 753 g/mol. The summed E-state index contributed by atoms with van der Waals surface area (Å²) in [5, 5.41) is 0. The maximum atomic E-state index is 5.44. The second-order valence-electron chi connectivity index (χ2n) is 16.9. The highest BCUT2D eigenvalue weighted by Gasteiger charge is 2.27. The van der Waals surface area contributed by atoms with Crippen LogP contribution in [-0.2, 0) is 21.7 Å². The van der Waals surface area contributed by atoms with Gasteiger partial charge in [-0.2, -0.15) is 0 Å². The number of hydrogen-bond acceptors (Lipinski definition) is 2. The lowest BCUT2D eigenvalue weighted by Gasteiger charge is -2.27. The first-order valence-electron chi connectivity index (χ1n) is 16.5. The Bertz CT molecular complexity index is 1850. The van der Waals surface area contributed by atoms with Crippen molar-refractivity contribution in [2.75, 3.05) is 0 Å². The van der Waals surface area contributed by atoms with E-state index in [0.717, 1.165) is 54.3 Å². The number of aromatic nitrogens is 1. The SMILES string of the molecule is CC(C)(C)c1cc(/C(C2=N/C(=C(/c3cc(C(C)(C)C)cc(C(C)(C)C)c3)c3ccc(Br)[nH]3)C=C2)=C2\C=CC(Br)=N2)cc(C(C)(C)C)c1. The van der Waals surface area contributed by atoms with Crippen molar-refractivity contribution < 1.29 is 0 Å². The van der Waals surface area contributed by atoms with Gasteiger partial charge in [0.2, 0.25) is 0 Å². The first-order valence-corrected chi connectivity index (χ1v) is 18.1. The lowest BCUT2D eigenvalue weighted by molar-refractivity contribution is 0.567. The number of halogens is 2. The molecule has 1 aromatic heterocycles. The third-order valence-electron chi connectivity index (χ3n) is 8.84. The Balaban J connectivity index is 1.81. The average Bonchev–Trinajstić information content (AvgIpc) is 3.69. The standard InChI is InChI=1S/C42H49Br2N3/c1-39(2,3)27-19-25(20-28(23-27)40(4,5)6)37(33-15-17-35(43)46-33)31-13-14-32(45-31)38(34-16-18-36(44)47-34)26-21-29(41(7,8)9)24-30(22-26)42(10,11)12/h13-24,46H,1-12H3/b37-31-,38-34-.